The second-order valence-corrected chi connectivity index (χ2v) is 5.52. The fourth-order valence-corrected chi connectivity index (χ4v) is 2.38. The molecule has 0 saturated heterocycles. The molecular weight excluding hydrogens is 328 g/mol. The van der Waals surface area contributed by atoms with Crippen molar-refractivity contribution in [1.29, 1.82) is 0 Å². The molecule has 0 aliphatic rings. The third kappa shape index (κ3) is 6.23. The first-order valence-corrected chi connectivity index (χ1v) is 8.42. The molecule has 0 saturated carbocycles. The maximum Gasteiger partial charge on any atom is 0.328 e. The van der Waals surface area contributed by atoms with Gasteiger partial charge in [0, 0.05) is 6.07 Å². The van der Waals surface area contributed by atoms with Gasteiger partial charge in [0.1, 0.15) is 17.5 Å². The molecule has 0 spiro atoms. The molecule has 0 aromatic heterocycles. The SMILES string of the molecule is CCCCC(NC(=S)Nc1cc(OC)ccc1OC)C(=O)OCC. The molecule has 24 heavy (non-hydrogen) atoms. The fourth-order valence-electron chi connectivity index (χ4n) is 2.13. The third-order valence-electron chi connectivity index (χ3n) is 3.38. The molecular formula is C17H26N2O4S. The summed E-state index contributed by atoms with van der Waals surface area (Å²) in [4.78, 5) is 12.0. The van der Waals surface area contributed by atoms with Crippen molar-refractivity contribution in [2.45, 2.75) is 39.2 Å². The van der Waals surface area contributed by atoms with Crippen molar-refractivity contribution in [2.75, 3.05) is 26.1 Å². The van der Waals surface area contributed by atoms with Gasteiger partial charge in [-0.2, -0.15) is 0 Å². The van der Waals surface area contributed by atoms with E-state index in [9.17, 15) is 4.79 Å². The molecule has 0 aliphatic carbocycles. The van der Waals surface area contributed by atoms with E-state index < -0.39 is 6.04 Å². The van der Waals surface area contributed by atoms with Crippen molar-refractivity contribution in [3.05, 3.63) is 18.2 Å². The summed E-state index contributed by atoms with van der Waals surface area (Å²) in [5.74, 6) is 1.00. The van der Waals surface area contributed by atoms with Gasteiger partial charge < -0.3 is 24.8 Å². The van der Waals surface area contributed by atoms with Crippen LogP contribution in [0, 0.1) is 0 Å². The van der Waals surface area contributed by atoms with E-state index in [2.05, 4.69) is 17.6 Å². The first-order chi connectivity index (χ1) is 11.5. The van der Waals surface area contributed by atoms with E-state index >= 15 is 0 Å². The molecule has 0 amide bonds. The minimum Gasteiger partial charge on any atom is -0.497 e. The monoisotopic (exact) mass is 354 g/mol. The van der Waals surface area contributed by atoms with Crippen LogP contribution in [0.5, 0.6) is 11.5 Å². The van der Waals surface area contributed by atoms with Crippen LogP contribution in [0.3, 0.4) is 0 Å². The number of rotatable bonds is 9. The average molecular weight is 354 g/mol. The number of benzene rings is 1. The first kappa shape index (κ1) is 20.0. The van der Waals surface area contributed by atoms with Gasteiger partial charge in [-0.05, 0) is 37.7 Å². The van der Waals surface area contributed by atoms with E-state index in [-0.39, 0.29) is 5.97 Å². The van der Waals surface area contributed by atoms with E-state index in [1.54, 1.807) is 39.3 Å². The van der Waals surface area contributed by atoms with Crippen LogP contribution in [0.4, 0.5) is 5.69 Å². The van der Waals surface area contributed by atoms with Gasteiger partial charge in [-0.15, -0.1) is 0 Å². The molecule has 0 bridgehead atoms. The maximum atomic E-state index is 12.0. The van der Waals surface area contributed by atoms with Gasteiger partial charge in [0.25, 0.3) is 0 Å². The summed E-state index contributed by atoms with van der Waals surface area (Å²) >= 11 is 5.33. The van der Waals surface area contributed by atoms with Gasteiger partial charge in [-0.1, -0.05) is 19.8 Å². The number of hydrogen-bond acceptors (Lipinski definition) is 5. The number of hydrogen-bond donors (Lipinski definition) is 2. The van der Waals surface area contributed by atoms with Gasteiger partial charge in [-0.3, -0.25) is 0 Å². The number of unbranched alkanes of at least 4 members (excludes halogenated alkanes) is 1. The number of ether oxygens (including phenoxy) is 3. The number of esters is 1. The van der Waals surface area contributed by atoms with Crippen molar-refractivity contribution in [1.82, 2.24) is 5.32 Å². The van der Waals surface area contributed by atoms with Crippen molar-refractivity contribution in [2.24, 2.45) is 0 Å². The Morgan fingerprint density at radius 3 is 2.58 bits per heavy atom. The van der Waals surface area contributed by atoms with Crippen LogP contribution in [0.15, 0.2) is 18.2 Å². The van der Waals surface area contributed by atoms with Gasteiger partial charge >= 0.3 is 5.97 Å². The second kappa shape index (κ2) is 10.7. The first-order valence-electron chi connectivity index (χ1n) is 8.01. The zero-order chi connectivity index (χ0) is 17.9. The topological polar surface area (TPSA) is 68.8 Å². The molecule has 0 heterocycles. The van der Waals surface area contributed by atoms with Crippen molar-refractivity contribution >= 4 is 29.0 Å². The molecule has 6 nitrogen and oxygen atoms in total. The number of methoxy groups -OCH3 is 2. The highest BCUT2D eigenvalue weighted by Crippen LogP contribution is 2.28. The molecule has 1 aromatic carbocycles. The third-order valence-corrected chi connectivity index (χ3v) is 3.60. The lowest BCUT2D eigenvalue weighted by atomic mass is 10.1. The lowest BCUT2D eigenvalue weighted by Crippen LogP contribution is -2.43. The van der Waals surface area contributed by atoms with Gasteiger partial charge in [0.05, 0.1) is 26.5 Å². The largest absolute Gasteiger partial charge is 0.497 e. The predicted octanol–water partition coefficient (Wildman–Crippen LogP) is 3.11. The average Bonchev–Trinajstić information content (AvgIpc) is 2.58. The quantitative estimate of drug-likeness (QED) is 0.521. The minimum absolute atomic E-state index is 0.298. The van der Waals surface area contributed by atoms with E-state index in [1.807, 2.05) is 0 Å². The van der Waals surface area contributed by atoms with Crippen LogP contribution in [-0.2, 0) is 9.53 Å². The Morgan fingerprint density at radius 1 is 1.25 bits per heavy atom. The Kier molecular flexibility index (Phi) is 8.93. The normalized spacial score (nSPS) is 11.3. The standard InChI is InChI=1S/C17H26N2O4S/c1-5-7-8-13(16(20)23-6-2)18-17(24)19-14-11-12(21-3)9-10-15(14)22-4/h9-11,13H,5-8H2,1-4H3,(H2,18,19,24). The second-order valence-electron chi connectivity index (χ2n) is 5.11. The molecule has 1 atom stereocenters. The zero-order valence-corrected chi connectivity index (χ0v) is 15.5. The fraction of sp³-hybridized carbons (Fsp3) is 0.529. The molecule has 134 valence electrons. The Hall–Kier alpha value is -2.02. The summed E-state index contributed by atoms with van der Waals surface area (Å²) < 4.78 is 15.6. The Labute approximate surface area is 148 Å². The van der Waals surface area contributed by atoms with E-state index in [0.29, 0.717) is 35.3 Å². The van der Waals surface area contributed by atoms with Gasteiger partial charge in [0.2, 0.25) is 0 Å². The highest BCUT2D eigenvalue weighted by Gasteiger charge is 2.20. The van der Waals surface area contributed by atoms with Crippen LogP contribution >= 0.6 is 12.2 Å². The molecule has 0 fully saturated rings. The lowest BCUT2D eigenvalue weighted by molar-refractivity contribution is -0.145. The highest BCUT2D eigenvalue weighted by atomic mass is 32.1. The van der Waals surface area contributed by atoms with Gasteiger partial charge in [0.15, 0.2) is 5.11 Å². The van der Waals surface area contributed by atoms with Crippen molar-refractivity contribution in [3.8, 4) is 11.5 Å². The molecule has 0 radical (unpaired) electrons. The van der Waals surface area contributed by atoms with E-state index in [4.69, 9.17) is 26.4 Å². The Morgan fingerprint density at radius 2 is 2.00 bits per heavy atom. The van der Waals surface area contributed by atoms with Crippen LogP contribution in [0.2, 0.25) is 0 Å². The zero-order valence-electron chi connectivity index (χ0n) is 14.7. The molecule has 7 heteroatoms. The van der Waals surface area contributed by atoms with Gasteiger partial charge in [-0.25, -0.2) is 4.79 Å². The summed E-state index contributed by atoms with van der Waals surface area (Å²) in [6.45, 7) is 4.19. The number of anilines is 1. The highest BCUT2D eigenvalue weighted by molar-refractivity contribution is 7.80. The summed E-state index contributed by atoms with van der Waals surface area (Å²) in [6, 6.07) is 4.88. The van der Waals surface area contributed by atoms with Crippen LogP contribution in [0.25, 0.3) is 0 Å². The minimum atomic E-state index is -0.471. The van der Waals surface area contributed by atoms with Crippen LogP contribution < -0.4 is 20.1 Å². The predicted molar refractivity (Wildman–Crippen MR) is 98.8 cm³/mol. The molecule has 1 aromatic rings. The van der Waals surface area contributed by atoms with Crippen LogP contribution in [0.1, 0.15) is 33.1 Å². The molecule has 0 aliphatic heterocycles. The van der Waals surface area contributed by atoms with Crippen molar-refractivity contribution in [3.63, 3.8) is 0 Å². The summed E-state index contributed by atoms with van der Waals surface area (Å²) in [6.07, 6.45) is 2.55. The Bertz CT molecular complexity index is 551. The summed E-state index contributed by atoms with van der Waals surface area (Å²) in [7, 11) is 3.16. The van der Waals surface area contributed by atoms with Crippen molar-refractivity contribution < 1.29 is 19.0 Å². The maximum absolute atomic E-state index is 12.0. The lowest BCUT2D eigenvalue weighted by Gasteiger charge is -2.20. The van der Waals surface area contributed by atoms with E-state index in [0.717, 1.165) is 12.8 Å². The van der Waals surface area contributed by atoms with E-state index in [1.165, 1.54) is 0 Å². The summed E-state index contributed by atoms with van der Waals surface area (Å²) in [5.41, 5.74) is 0.660. The smallest absolute Gasteiger partial charge is 0.328 e. The van der Waals surface area contributed by atoms with Crippen LogP contribution in [-0.4, -0.2) is 38.0 Å². The number of thiocarbonyl (C=S) groups is 1. The number of carbonyl (C=O) groups is 1. The number of carbonyl (C=O) groups excluding carboxylic acids is 1. The molecule has 1 unspecified atom stereocenters. The molecule has 1 rings (SSSR count). The molecule has 2 N–H and O–H groups in total. The Balaban J connectivity index is 2.79. The number of nitrogens with one attached hydrogen (secondary N) is 2. The summed E-state index contributed by atoms with van der Waals surface area (Å²) in [5, 5.41) is 6.40.